The molecular weight excluding hydrogens is 509 g/mol. The Morgan fingerprint density at radius 1 is 0.293 bits per heavy atom. The first-order chi connectivity index (χ1) is 20.0. The summed E-state index contributed by atoms with van der Waals surface area (Å²) in [6, 6.07) is 1.53. The minimum atomic E-state index is -0.790. The van der Waals surface area contributed by atoms with Gasteiger partial charge in [0, 0.05) is 8.07 Å². The maximum Gasteiger partial charge on any atom is 0.0442 e. The van der Waals surface area contributed by atoms with Crippen LogP contribution in [0, 0.1) is 5.92 Å². The quantitative estimate of drug-likeness (QED) is 0.0507. The van der Waals surface area contributed by atoms with Gasteiger partial charge in [-0.25, -0.2) is 0 Å². The zero-order valence-corrected chi connectivity index (χ0v) is 31.1. The summed E-state index contributed by atoms with van der Waals surface area (Å²) in [5.74, 6) is 1.04. The highest BCUT2D eigenvalue weighted by molar-refractivity contribution is 6.76. The predicted octanol–water partition coefficient (Wildman–Crippen LogP) is 15.9. The second-order valence-corrected chi connectivity index (χ2v) is 21.1. The molecule has 0 aromatic carbocycles. The first-order valence-corrected chi connectivity index (χ1v) is 23.7. The summed E-state index contributed by atoms with van der Waals surface area (Å²) in [4.78, 5) is 0. The van der Waals surface area contributed by atoms with Crippen molar-refractivity contribution in [2.75, 3.05) is 0 Å². The number of unbranched alkanes of at least 4 members (excludes halogenated alkanes) is 27. The summed E-state index contributed by atoms with van der Waals surface area (Å²) < 4.78 is 0. The van der Waals surface area contributed by atoms with Gasteiger partial charge in [-0.15, -0.1) is 0 Å². The molecule has 0 heterocycles. The number of hydrogen-bond donors (Lipinski definition) is 0. The average Bonchev–Trinajstić information content (AvgIpc) is 2.94. The molecule has 0 saturated heterocycles. The van der Waals surface area contributed by atoms with Gasteiger partial charge >= 0.3 is 0 Å². The van der Waals surface area contributed by atoms with Crippen LogP contribution in [0.2, 0.25) is 25.7 Å². The number of rotatable bonds is 35. The molecule has 0 spiro atoms. The largest absolute Gasteiger partial charge is 0.0695 e. The Kier molecular flexibility index (Phi) is 33.3. The highest BCUT2D eigenvalue weighted by Gasteiger charge is 2.11. The van der Waals surface area contributed by atoms with E-state index in [-0.39, 0.29) is 0 Å². The topological polar surface area (TPSA) is 0 Å². The molecule has 0 aliphatic heterocycles. The Hall–Kier alpha value is 0.217. The van der Waals surface area contributed by atoms with Gasteiger partial charge in [-0.3, -0.25) is 0 Å². The van der Waals surface area contributed by atoms with Crippen molar-refractivity contribution >= 4 is 8.07 Å². The van der Waals surface area contributed by atoms with E-state index in [0.29, 0.717) is 0 Å². The van der Waals surface area contributed by atoms with E-state index >= 15 is 0 Å². The summed E-state index contributed by atoms with van der Waals surface area (Å²) in [6.07, 6.45) is 49.0. The maximum absolute atomic E-state index is 2.51. The molecule has 0 N–H and O–H groups in total. The minimum absolute atomic E-state index is 0.790. The summed E-state index contributed by atoms with van der Waals surface area (Å²) in [5, 5.41) is 0. The van der Waals surface area contributed by atoms with Crippen LogP contribution in [-0.2, 0) is 0 Å². The Bertz CT molecular complexity index is 464. The van der Waals surface area contributed by atoms with Crippen LogP contribution in [-0.4, -0.2) is 8.07 Å². The molecule has 41 heavy (non-hydrogen) atoms. The smallest absolute Gasteiger partial charge is 0.0442 e. The van der Waals surface area contributed by atoms with Crippen LogP contribution in [0.1, 0.15) is 226 Å². The molecule has 0 fully saturated rings. The van der Waals surface area contributed by atoms with Crippen LogP contribution in [0.3, 0.4) is 0 Å². The summed E-state index contributed by atoms with van der Waals surface area (Å²) >= 11 is 0. The minimum Gasteiger partial charge on any atom is -0.0695 e. The Labute approximate surface area is 264 Å². The van der Waals surface area contributed by atoms with E-state index in [2.05, 4.69) is 33.5 Å². The van der Waals surface area contributed by atoms with Crippen LogP contribution >= 0.6 is 0 Å². The van der Waals surface area contributed by atoms with Gasteiger partial charge in [0.1, 0.15) is 0 Å². The van der Waals surface area contributed by atoms with Gasteiger partial charge < -0.3 is 0 Å². The van der Waals surface area contributed by atoms with E-state index in [0.717, 1.165) is 5.92 Å². The maximum atomic E-state index is 2.51. The van der Waals surface area contributed by atoms with Crippen molar-refractivity contribution in [2.45, 2.75) is 251 Å². The third-order valence-corrected chi connectivity index (χ3v) is 11.6. The van der Waals surface area contributed by atoms with Crippen molar-refractivity contribution in [3.05, 3.63) is 0 Å². The van der Waals surface area contributed by atoms with E-state index in [4.69, 9.17) is 0 Å². The van der Waals surface area contributed by atoms with E-state index in [1.807, 2.05) is 0 Å². The van der Waals surface area contributed by atoms with Crippen LogP contribution in [0.5, 0.6) is 0 Å². The van der Waals surface area contributed by atoms with E-state index < -0.39 is 8.07 Å². The molecular formula is C40H84Si. The number of hydrogen-bond acceptors (Lipinski definition) is 0. The van der Waals surface area contributed by atoms with Crippen molar-refractivity contribution in [1.82, 2.24) is 0 Å². The monoisotopic (exact) mass is 593 g/mol. The van der Waals surface area contributed by atoms with Gasteiger partial charge in [0.2, 0.25) is 0 Å². The zero-order chi connectivity index (χ0) is 30.1. The van der Waals surface area contributed by atoms with E-state index in [9.17, 15) is 0 Å². The van der Waals surface area contributed by atoms with E-state index in [1.165, 1.54) is 218 Å². The molecule has 0 aliphatic rings. The third-order valence-electron chi connectivity index (χ3n) is 9.72. The Morgan fingerprint density at radius 2 is 0.512 bits per heavy atom. The van der Waals surface area contributed by atoms with Crippen LogP contribution in [0.15, 0.2) is 0 Å². The average molecular weight is 593 g/mol. The lowest BCUT2D eigenvalue weighted by Crippen LogP contribution is -2.18. The molecule has 248 valence electrons. The highest BCUT2D eigenvalue weighted by Crippen LogP contribution is 2.25. The fourth-order valence-corrected chi connectivity index (χ4v) is 8.09. The normalized spacial score (nSPS) is 12.8. The van der Waals surface area contributed by atoms with Crippen molar-refractivity contribution in [1.29, 1.82) is 0 Å². The molecule has 0 radical (unpaired) electrons. The fraction of sp³-hybridized carbons (Fsp3) is 1.00. The second-order valence-electron chi connectivity index (χ2n) is 15.4. The Morgan fingerprint density at radius 3 is 0.756 bits per heavy atom. The lowest BCUT2D eigenvalue weighted by Gasteiger charge is -2.17. The van der Waals surface area contributed by atoms with Crippen LogP contribution < -0.4 is 0 Å². The fourth-order valence-electron chi connectivity index (χ4n) is 6.78. The lowest BCUT2D eigenvalue weighted by molar-refractivity contribution is 0.365. The molecule has 0 nitrogen and oxygen atoms in total. The SMILES string of the molecule is CCCCCCCCCCC(CCCCCCCC)CCCCCCCCCCCCCCCCCC[Si](C)(C)C. The van der Waals surface area contributed by atoms with Gasteiger partial charge in [-0.05, 0) is 5.92 Å². The van der Waals surface area contributed by atoms with Crippen molar-refractivity contribution in [3.63, 3.8) is 0 Å². The molecule has 1 unspecified atom stereocenters. The first-order valence-electron chi connectivity index (χ1n) is 20.0. The molecule has 0 aromatic heterocycles. The van der Waals surface area contributed by atoms with Gasteiger partial charge in [0.05, 0.1) is 0 Å². The van der Waals surface area contributed by atoms with Crippen molar-refractivity contribution in [3.8, 4) is 0 Å². The first kappa shape index (κ1) is 41.2. The molecule has 1 atom stereocenters. The predicted molar refractivity (Wildman–Crippen MR) is 195 cm³/mol. The zero-order valence-electron chi connectivity index (χ0n) is 30.1. The van der Waals surface area contributed by atoms with Gasteiger partial charge in [0.15, 0.2) is 0 Å². The summed E-state index contributed by atoms with van der Waals surface area (Å²) in [5.41, 5.74) is 0. The molecule has 0 saturated carbocycles. The van der Waals surface area contributed by atoms with Gasteiger partial charge in [-0.2, -0.15) is 0 Å². The molecule has 0 aromatic rings. The molecule has 0 bridgehead atoms. The molecule has 0 rings (SSSR count). The molecule has 1 heteroatoms. The standard InChI is InChI=1S/C40H84Si/c1-6-8-10-12-14-25-29-33-37-40(36-32-28-13-11-9-7-2)38-34-30-26-23-21-19-17-15-16-18-20-22-24-27-31-35-39-41(3,4)5/h40H,6-39H2,1-5H3. The van der Waals surface area contributed by atoms with Crippen LogP contribution in [0.25, 0.3) is 0 Å². The van der Waals surface area contributed by atoms with Crippen molar-refractivity contribution < 1.29 is 0 Å². The van der Waals surface area contributed by atoms with Gasteiger partial charge in [0.25, 0.3) is 0 Å². The van der Waals surface area contributed by atoms with Crippen LogP contribution in [0.4, 0.5) is 0 Å². The summed E-state index contributed by atoms with van der Waals surface area (Å²) in [7, 11) is -0.790. The third kappa shape index (κ3) is 36.3. The summed E-state index contributed by atoms with van der Waals surface area (Å²) in [6.45, 7) is 12.2. The van der Waals surface area contributed by atoms with Crippen molar-refractivity contribution in [2.24, 2.45) is 5.92 Å². The lowest BCUT2D eigenvalue weighted by atomic mass is 9.89. The molecule has 0 amide bonds. The molecule has 0 aliphatic carbocycles. The van der Waals surface area contributed by atoms with Gasteiger partial charge in [-0.1, -0.05) is 251 Å². The second kappa shape index (κ2) is 33.1. The Balaban J connectivity index is 3.64. The highest BCUT2D eigenvalue weighted by atomic mass is 28.3. The van der Waals surface area contributed by atoms with E-state index in [1.54, 1.807) is 0 Å².